The van der Waals surface area contributed by atoms with Crippen molar-refractivity contribution in [2.45, 2.75) is 19.5 Å². The van der Waals surface area contributed by atoms with Crippen molar-refractivity contribution < 1.29 is 17.6 Å². The molecule has 0 saturated heterocycles. The highest BCUT2D eigenvalue weighted by Gasteiger charge is 2.35. The molecular weight excluding hydrogens is 364 g/mol. The first kappa shape index (κ1) is 17.1. The van der Waals surface area contributed by atoms with Crippen LogP contribution < -0.4 is 0 Å². The van der Waals surface area contributed by atoms with Gasteiger partial charge in [-0.1, -0.05) is 18.2 Å². The molecule has 10 heteroatoms. The fourth-order valence-corrected chi connectivity index (χ4v) is 2.74. The molecule has 1 aromatic carbocycles. The Balaban J connectivity index is 1.83. The summed E-state index contributed by atoms with van der Waals surface area (Å²) in [6.07, 6.45) is -1.33. The van der Waals surface area contributed by atoms with Crippen molar-refractivity contribution in [1.82, 2.24) is 29.5 Å². The van der Waals surface area contributed by atoms with E-state index in [1.165, 1.54) is 12.3 Å². The Morgan fingerprint density at radius 3 is 2.56 bits per heavy atom. The summed E-state index contributed by atoms with van der Waals surface area (Å²) in [7, 11) is 0. The molecule has 0 aliphatic carbocycles. The molecule has 0 radical (unpaired) electrons. The van der Waals surface area contributed by atoms with Gasteiger partial charge in [0.15, 0.2) is 5.65 Å². The van der Waals surface area contributed by atoms with E-state index in [4.69, 9.17) is 0 Å². The van der Waals surface area contributed by atoms with Crippen LogP contribution in [-0.2, 0) is 12.6 Å². The number of benzene rings is 1. The first-order valence-electron chi connectivity index (χ1n) is 7.90. The zero-order valence-electron chi connectivity index (χ0n) is 13.9. The van der Waals surface area contributed by atoms with Gasteiger partial charge in [0.2, 0.25) is 11.6 Å². The number of nitrogens with one attached hydrogen (secondary N) is 1. The maximum absolute atomic E-state index is 14.0. The third-order valence-electron chi connectivity index (χ3n) is 3.93. The number of aromatic amines is 1. The average molecular weight is 376 g/mol. The Kier molecular flexibility index (Phi) is 3.90. The fourth-order valence-electron chi connectivity index (χ4n) is 2.74. The molecule has 4 aromatic rings. The third kappa shape index (κ3) is 3.25. The summed E-state index contributed by atoms with van der Waals surface area (Å²) in [5.74, 6) is -1.81. The van der Waals surface area contributed by atoms with Crippen molar-refractivity contribution in [3.63, 3.8) is 0 Å². The van der Waals surface area contributed by atoms with Crippen LogP contribution in [0.1, 0.15) is 22.8 Å². The first-order chi connectivity index (χ1) is 12.8. The lowest BCUT2D eigenvalue weighted by Crippen LogP contribution is -2.07. The number of alkyl halides is 3. The normalized spacial score (nSPS) is 12.0. The molecule has 6 nitrogen and oxygen atoms in total. The number of halogens is 4. The number of H-pyrrole nitrogens is 1. The molecule has 0 saturated carbocycles. The third-order valence-corrected chi connectivity index (χ3v) is 3.93. The number of aryl methyl sites for hydroxylation is 1. The molecule has 3 aromatic heterocycles. The molecule has 0 fully saturated rings. The molecule has 0 aliphatic heterocycles. The number of hydrogen-bond donors (Lipinski definition) is 1. The summed E-state index contributed by atoms with van der Waals surface area (Å²) >= 11 is 0. The lowest BCUT2D eigenvalue weighted by Gasteiger charge is -2.07. The number of aromatic nitrogens is 6. The van der Waals surface area contributed by atoms with E-state index in [1.807, 2.05) is 5.10 Å². The van der Waals surface area contributed by atoms with Gasteiger partial charge in [0.25, 0.3) is 0 Å². The molecule has 4 rings (SSSR count). The van der Waals surface area contributed by atoms with Gasteiger partial charge >= 0.3 is 6.18 Å². The first-order valence-corrected chi connectivity index (χ1v) is 7.90. The van der Waals surface area contributed by atoms with Crippen LogP contribution in [0.4, 0.5) is 17.6 Å². The summed E-state index contributed by atoms with van der Waals surface area (Å²) in [6, 6.07) is 6.22. The standard InChI is InChI=1S/C17H12F4N6/c1-9-7-27-8-13(14-24-16(26-25-14)17(19,20)21)23-12(15(27)22-9)6-10-4-2-3-5-11(10)18/h2-5,7-8H,6H2,1H3,(H,24,25,26). The monoisotopic (exact) mass is 376 g/mol. The van der Waals surface area contributed by atoms with Gasteiger partial charge in [0, 0.05) is 18.8 Å². The Morgan fingerprint density at radius 1 is 1.07 bits per heavy atom. The van der Waals surface area contributed by atoms with Gasteiger partial charge in [0.05, 0.1) is 11.4 Å². The Hall–Kier alpha value is -3.30. The number of hydrogen-bond acceptors (Lipinski definition) is 4. The van der Waals surface area contributed by atoms with Gasteiger partial charge in [-0.3, -0.25) is 5.10 Å². The van der Waals surface area contributed by atoms with E-state index in [9.17, 15) is 17.6 Å². The topological polar surface area (TPSA) is 71.8 Å². The molecule has 0 amide bonds. The van der Waals surface area contributed by atoms with Crippen LogP contribution in [0.3, 0.4) is 0 Å². The Labute approximate surface area is 149 Å². The fraction of sp³-hybridized carbons (Fsp3) is 0.176. The Bertz CT molecular complexity index is 1130. The Morgan fingerprint density at radius 2 is 1.85 bits per heavy atom. The highest BCUT2D eigenvalue weighted by molar-refractivity contribution is 5.56. The van der Waals surface area contributed by atoms with Crippen LogP contribution in [0.15, 0.2) is 36.7 Å². The summed E-state index contributed by atoms with van der Waals surface area (Å²) < 4.78 is 54.0. The van der Waals surface area contributed by atoms with E-state index in [2.05, 4.69) is 20.1 Å². The van der Waals surface area contributed by atoms with Crippen LogP contribution in [0, 0.1) is 12.7 Å². The van der Waals surface area contributed by atoms with Gasteiger partial charge in [-0.2, -0.15) is 18.3 Å². The summed E-state index contributed by atoms with van der Waals surface area (Å²) in [6.45, 7) is 1.77. The smallest absolute Gasteiger partial charge is 0.303 e. The van der Waals surface area contributed by atoms with E-state index in [-0.39, 0.29) is 17.9 Å². The molecule has 0 bridgehead atoms. The highest BCUT2D eigenvalue weighted by atomic mass is 19.4. The number of fused-ring (bicyclic) bond motifs is 1. The molecule has 1 N–H and O–H groups in total. The van der Waals surface area contributed by atoms with Gasteiger partial charge in [-0.05, 0) is 18.6 Å². The van der Waals surface area contributed by atoms with Crippen LogP contribution in [0.5, 0.6) is 0 Å². The minimum absolute atomic E-state index is 0.122. The second-order valence-corrected chi connectivity index (χ2v) is 5.96. The molecule has 138 valence electrons. The molecule has 3 heterocycles. The quantitative estimate of drug-likeness (QED) is 0.555. The lowest BCUT2D eigenvalue weighted by atomic mass is 10.1. The van der Waals surface area contributed by atoms with Crippen LogP contribution >= 0.6 is 0 Å². The summed E-state index contributed by atoms with van der Waals surface area (Å²) in [5, 5.41) is 5.47. The maximum Gasteiger partial charge on any atom is 0.451 e. The molecule has 0 atom stereocenters. The minimum Gasteiger partial charge on any atom is -0.303 e. The maximum atomic E-state index is 14.0. The molecule has 27 heavy (non-hydrogen) atoms. The van der Waals surface area contributed by atoms with Crippen LogP contribution in [-0.4, -0.2) is 29.5 Å². The zero-order valence-corrected chi connectivity index (χ0v) is 13.9. The number of rotatable bonds is 3. The van der Waals surface area contributed by atoms with Gasteiger partial charge in [0.1, 0.15) is 11.5 Å². The van der Waals surface area contributed by atoms with Crippen molar-refractivity contribution in [1.29, 1.82) is 0 Å². The molecule has 0 aliphatic rings. The van der Waals surface area contributed by atoms with Crippen molar-refractivity contribution in [2.75, 3.05) is 0 Å². The summed E-state index contributed by atoms with van der Waals surface area (Å²) in [4.78, 5) is 12.2. The van der Waals surface area contributed by atoms with Crippen LogP contribution in [0.25, 0.3) is 17.2 Å². The second-order valence-electron chi connectivity index (χ2n) is 5.96. The zero-order chi connectivity index (χ0) is 19.2. The van der Waals surface area contributed by atoms with Crippen molar-refractivity contribution in [3.8, 4) is 11.5 Å². The van der Waals surface area contributed by atoms with Gasteiger partial charge in [-0.15, -0.1) is 0 Å². The van der Waals surface area contributed by atoms with Gasteiger partial charge < -0.3 is 4.40 Å². The molecule has 0 unspecified atom stereocenters. The van der Waals surface area contributed by atoms with E-state index in [0.717, 1.165) is 0 Å². The van der Waals surface area contributed by atoms with E-state index >= 15 is 0 Å². The minimum atomic E-state index is -4.64. The SMILES string of the molecule is Cc1cn2cc(-c3n[nH]c(C(F)(F)F)n3)nc(Cc3ccccc3F)c2n1. The van der Waals surface area contributed by atoms with Gasteiger partial charge in [-0.25, -0.2) is 19.3 Å². The van der Waals surface area contributed by atoms with Crippen LogP contribution in [0.2, 0.25) is 0 Å². The predicted molar refractivity (Wildman–Crippen MR) is 87.3 cm³/mol. The highest BCUT2D eigenvalue weighted by Crippen LogP contribution is 2.27. The largest absolute Gasteiger partial charge is 0.451 e. The van der Waals surface area contributed by atoms with E-state index in [0.29, 0.717) is 22.6 Å². The summed E-state index contributed by atoms with van der Waals surface area (Å²) in [5.41, 5.74) is 2.11. The van der Waals surface area contributed by atoms with E-state index < -0.39 is 17.8 Å². The van der Waals surface area contributed by atoms with Crippen molar-refractivity contribution in [3.05, 3.63) is 65.3 Å². The van der Waals surface area contributed by atoms with Crippen molar-refractivity contribution >= 4 is 5.65 Å². The molecular formula is C17H12F4N6. The average Bonchev–Trinajstić information content (AvgIpc) is 3.22. The number of nitrogens with zero attached hydrogens (tertiary/aromatic N) is 5. The predicted octanol–water partition coefficient (Wildman–Crippen LogP) is 3.57. The molecule has 0 spiro atoms. The second kappa shape index (κ2) is 6.15. The number of imidazole rings is 1. The lowest BCUT2D eigenvalue weighted by molar-refractivity contribution is -0.144. The van der Waals surface area contributed by atoms with E-state index in [1.54, 1.807) is 35.7 Å². The van der Waals surface area contributed by atoms with Crippen molar-refractivity contribution in [2.24, 2.45) is 0 Å².